The lowest BCUT2D eigenvalue weighted by atomic mass is 10.1. The first-order valence-corrected chi connectivity index (χ1v) is 6.84. The summed E-state index contributed by atoms with van der Waals surface area (Å²) in [7, 11) is 1.49. The summed E-state index contributed by atoms with van der Waals surface area (Å²) in [5.74, 6) is 0.211. The van der Waals surface area contributed by atoms with Crippen molar-refractivity contribution in [2.24, 2.45) is 0 Å². The van der Waals surface area contributed by atoms with E-state index in [2.05, 4.69) is 5.32 Å². The molecule has 2 rings (SSSR count). The number of hydrogen-bond donors (Lipinski definition) is 1. The monoisotopic (exact) mass is 292 g/mol. The maximum Gasteiger partial charge on any atom is 0.261 e. The second kappa shape index (κ2) is 7.65. The highest BCUT2D eigenvalue weighted by atomic mass is 16.5. The Kier molecular flexibility index (Phi) is 5.33. The molecule has 0 heterocycles. The molecule has 0 unspecified atom stereocenters. The average molecular weight is 292 g/mol. The van der Waals surface area contributed by atoms with Crippen LogP contribution in [0.15, 0.2) is 60.2 Å². The molecule has 0 bridgehead atoms. The molecule has 1 N–H and O–H groups in total. The van der Waals surface area contributed by atoms with E-state index in [9.17, 15) is 4.79 Å². The van der Waals surface area contributed by atoms with Crippen LogP contribution < -0.4 is 10.1 Å². The topological polar surface area (TPSA) is 62.1 Å². The van der Waals surface area contributed by atoms with Crippen molar-refractivity contribution in [3.05, 3.63) is 71.3 Å². The minimum atomic E-state index is -0.416. The molecule has 0 radical (unpaired) electrons. The van der Waals surface area contributed by atoms with E-state index in [-0.39, 0.29) is 5.57 Å². The summed E-state index contributed by atoms with van der Waals surface area (Å²) < 4.78 is 5.80. The minimum absolute atomic E-state index is 0.0401. The maximum absolute atomic E-state index is 11.6. The van der Waals surface area contributed by atoms with Crippen molar-refractivity contribution in [2.75, 3.05) is 7.05 Å². The number of carbonyl (C=O) groups is 1. The molecule has 1 amide bonds. The Morgan fingerprint density at radius 1 is 1.18 bits per heavy atom. The number of rotatable bonds is 5. The summed E-state index contributed by atoms with van der Waals surface area (Å²) in [6.07, 6.45) is 1.53. The highest BCUT2D eigenvalue weighted by Gasteiger charge is 2.08. The van der Waals surface area contributed by atoms with Crippen LogP contribution in [0.5, 0.6) is 5.75 Å². The summed E-state index contributed by atoms with van der Waals surface area (Å²) in [6, 6.07) is 19.0. The number of ether oxygens (including phenoxy) is 1. The van der Waals surface area contributed by atoms with E-state index in [1.165, 1.54) is 13.1 Å². The van der Waals surface area contributed by atoms with Gasteiger partial charge in [0.15, 0.2) is 0 Å². The van der Waals surface area contributed by atoms with Crippen LogP contribution in [0.4, 0.5) is 0 Å². The Morgan fingerprint density at radius 2 is 1.86 bits per heavy atom. The molecule has 0 aliphatic rings. The van der Waals surface area contributed by atoms with Gasteiger partial charge in [-0.3, -0.25) is 4.79 Å². The van der Waals surface area contributed by atoms with E-state index in [0.717, 1.165) is 5.56 Å². The molecule has 4 nitrogen and oxygen atoms in total. The van der Waals surface area contributed by atoms with Gasteiger partial charge in [0.05, 0.1) is 0 Å². The van der Waals surface area contributed by atoms with Crippen LogP contribution in [0, 0.1) is 11.3 Å². The van der Waals surface area contributed by atoms with Crippen LogP contribution in [0.25, 0.3) is 6.08 Å². The molecule has 0 saturated heterocycles. The van der Waals surface area contributed by atoms with E-state index in [1.807, 2.05) is 54.6 Å². The van der Waals surface area contributed by atoms with Crippen LogP contribution in [0.1, 0.15) is 11.1 Å². The van der Waals surface area contributed by atoms with E-state index in [0.29, 0.717) is 17.9 Å². The van der Waals surface area contributed by atoms with Crippen LogP contribution in [0.2, 0.25) is 0 Å². The number of benzene rings is 2. The lowest BCUT2D eigenvalue weighted by Crippen LogP contribution is -2.19. The third-order valence-corrected chi connectivity index (χ3v) is 3.05. The zero-order chi connectivity index (χ0) is 15.8. The Morgan fingerprint density at radius 3 is 2.55 bits per heavy atom. The first-order valence-electron chi connectivity index (χ1n) is 6.84. The zero-order valence-electron chi connectivity index (χ0n) is 12.2. The summed E-state index contributed by atoms with van der Waals surface area (Å²) in [6.45, 7) is 0.424. The number of likely N-dealkylation sites (N-methyl/N-ethyl adjacent to an activating group) is 1. The van der Waals surface area contributed by atoms with Gasteiger partial charge in [0.25, 0.3) is 5.91 Å². The van der Waals surface area contributed by atoms with Gasteiger partial charge in [0.2, 0.25) is 0 Å². The highest BCUT2D eigenvalue weighted by Crippen LogP contribution is 2.22. The third kappa shape index (κ3) is 3.97. The van der Waals surface area contributed by atoms with Crippen molar-refractivity contribution in [1.82, 2.24) is 5.32 Å². The van der Waals surface area contributed by atoms with Crippen molar-refractivity contribution in [3.8, 4) is 11.8 Å². The molecule has 0 saturated carbocycles. The number of nitrogens with one attached hydrogen (secondary N) is 1. The fourth-order valence-electron chi connectivity index (χ4n) is 1.91. The van der Waals surface area contributed by atoms with E-state index in [1.54, 1.807) is 6.07 Å². The normalized spacial score (nSPS) is 10.6. The van der Waals surface area contributed by atoms with Crippen LogP contribution in [-0.4, -0.2) is 13.0 Å². The molecule has 22 heavy (non-hydrogen) atoms. The van der Waals surface area contributed by atoms with Gasteiger partial charge < -0.3 is 10.1 Å². The average Bonchev–Trinajstić information content (AvgIpc) is 2.59. The van der Waals surface area contributed by atoms with Gasteiger partial charge in [-0.25, -0.2) is 0 Å². The number of amides is 1. The van der Waals surface area contributed by atoms with E-state index in [4.69, 9.17) is 10.00 Å². The molecule has 0 spiro atoms. The van der Waals surface area contributed by atoms with Crippen LogP contribution in [-0.2, 0) is 11.4 Å². The molecule has 0 atom stereocenters. The molecule has 2 aromatic carbocycles. The van der Waals surface area contributed by atoms with E-state index >= 15 is 0 Å². The quantitative estimate of drug-likeness (QED) is 0.681. The molecular weight excluding hydrogens is 276 g/mol. The predicted octanol–water partition coefficient (Wildman–Crippen LogP) is 2.92. The number of nitrogens with zero attached hydrogens (tertiary/aromatic N) is 1. The summed E-state index contributed by atoms with van der Waals surface area (Å²) in [5, 5.41) is 11.5. The Labute approximate surface area is 129 Å². The lowest BCUT2D eigenvalue weighted by Gasteiger charge is -2.09. The third-order valence-electron chi connectivity index (χ3n) is 3.05. The molecule has 0 fully saturated rings. The molecular formula is C18H16N2O2. The molecule has 2 aromatic rings. The molecule has 0 aromatic heterocycles. The first-order chi connectivity index (χ1) is 10.7. The molecule has 4 heteroatoms. The number of nitriles is 1. The second-order valence-corrected chi connectivity index (χ2v) is 4.56. The fraction of sp³-hybridized carbons (Fsp3) is 0.111. The molecule has 0 aliphatic carbocycles. The van der Waals surface area contributed by atoms with Gasteiger partial charge in [-0.05, 0) is 17.7 Å². The SMILES string of the molecule is CNC(=O)/C(C#N)=C/c1ccccc1OCc1ccccc1. The Hall–Kier alpha value is -3.06. The van der Waals surface area contributed by atoms with Crippen LogP contribution in [0.3, 0.4) is 0 Å². The maximum atomic E-state index is 11.6. The number of carbonyl (C=O) groups excluding carboxylic acids is 1. The molecule has 0 aliphatic heterocycles. The van der Waals surface area contributed by atoms with Gasteiger partial charge in [0, 0.05) is 12.6 Å². The van der Waals surface area contributed by atoms with Gasteiger partial charge in [-0.15, -0.1) is 0 Å². The zero-order valence-corrected chi connectivity index (χ0v) is 12.2. The smallest absolute Gasteiger partial charge is 0.261 e. The largest absolute Gasteiger partial charge is 0.488 e. The standard InChI is InChI=1S/C18H16N2O2/c1-20-18(21)16(12-19)11-15-9-5-6-10-17(15)22-13-14-7-3-2-4-8-14/h2-11H,13H2,1H3,(H,20,21)/b16-11+. The Bertz CT molecular complexity index is 715. The Balaban J connectivity index is 2.22. The van der Waals surface area contributed by atoms with E-state index < -0.39 is 5.91 Å². The van der Waals surface area contributed by atoms with Gasteiger partial charge in [0.1, 0.15) is 24.0 Å². The summed E-state index contributed by atoms with van der Waals surface area (Å²) in [5.41, 5.74) is 1.78. The van der Waals surface area contributed by atoms with Crippen LogP contribution >= 0.6 is 0 Å². The van der Waals surface area contributed by atoms with Crippen molar-refractivity contribution < 1.29 is 9.53 Å². The van der Waals surface area contributed by atoms with Crippen molar-refractivity contribution >= 4 is 12.0 Å². The highest BCUT2D eigenvalue weighted by molar-refractivity contribution is 6.01. The summed E-state index contributed by atoms with van der Waals surface area (Å²) in [4.78, 5) is 11.6. The van der Waals surface area contributed by atoms with Crippen molar-refractivity contribution in [1.29, 1.82) is 5.26 Å². The predicted molar refractivity (Wildman–Crippen MR) is 84.9 cm³/mol. The second-order valence-electron chi connectivity index (χ2n) is 4.56. The van der Waals surface area contributed by atoms with Gasteiger partial charge >= 0.3 is 0 Å². The number of hydrogen-bond acceptors (Lipinski definition) is 3. The number of para-hydroxylation sites is 1. The van der Waals surface area contributed by atoms with Gasteiger partial charge in [-0.2, -0.15) is 5.26 Å². The molecule has 110 valence electrons. The summed E-state index contributed by atoms with van der Waals surface area (Å²) >= 11 is 0. The van der Waals surface area contributed by atoms with Crippen molar-refractivity contribution in [3.63, 3.8) is 0 Å². The minimum Gasteiger partial charge on any atom is -0.488 e. The van der Waals surface area contributed by atoms with Crippen molar-refractivity contribution in [2.45, 2.75) is 6.61 Å². The van der Waals surface area contributed by atoms with Gasteiger partial charge in [-0.1, -0.05) is 48.5 Å². The first kappa shape index (κ1) is 15.3. The lowest BCUT2D eigenvalue weighted by molar-refractivity contribution is -0.116. The fourth-order valence-corrected chi connectivity index (χ4v) is 1.91.